The molecule has 0 bridgehead atoms. The summed E-state index contributed by atoms with van der Waals surface area (Å²) in [6, 6.07) is 7.36. The Labute approximate surface area is 104 Å². The van der Waals surface area contributed by atoms with Crippen molar-refractivity contribution in [1.82, 2.24) is 0 Å². The predicted molar refractivity (Wildman–Crippen MR) is 68.4 cm³/mol. The highest BCUT2D eigenvalue weighted by molar-refractivity contribution is 9.10. The van der Waals surface area contributed by atoms with Crippen molar-refractivity contribution in [3.8, 4) is 0 Å². The molecule has 1 unspecified atom stereocenters. The minimum atomic E-state index is -0.330. The molecule has 0 saturated heterocycles. The lowest BCUT2D eigenvalue weighted by Crippen LogP contribution is -2.35. The van der Waals surface area contributed by atoms with E-state index in [0.717, 1.165) is 10.2 Å². The zero-order valence-electron chi connectivity index (χ0n) is 9.66. The Morgan fingerprint density at radius 1 is 1.38 bits per heavy atom. The molecule has 0 heterocycles. The van der Waals surface area contributed by atoms with Crippen molar-refractivity contribution < 1.29 is 9.53 Å². The topological polar surface area (TPSA) is 38.3 Å². The first kappa shape index (κ1) is 13.0. The van der Waals surface area contributed by atoms with Crippen molar-refractivity contribution in [3.63, 3.8) is 0 Å². The summed E-state index contributed by atoms with van der Waals surface area (Å²) in [5, 5.41) is 3.18. The van der Waals surface area contributed by atoms with Gasteiger partial charge in [-0.05, 0) is 34.0 Å². The molecular weight excluding hydrogens is 270 g/mol. The van der Waals surface area contributed by atoms with Crippen LogP contribution in [0.15, 0.2) is 28.7 Å². The van der Waals surface area contributed by atoms with Crippen LogP contribution < -0.4 is 5.32 Å². The van der Waals surface area contributed by atoms with Gasteiger partial charge in [-0.2, -0.15) is 0 Å². The van der Waals surface area contributed by atoms with Gasteiger partial charge in [-0.25, -0.2) is 4.79 Å². The second kappa shape index (κ2) is 5.89. The Morgan fingerprint density at radius 2 is 2.00 bits per heavy atom. The van der Waals surface area contributed by atoms with Crippen molar-refractivity contribution in [2.24, 2.45) is 5.92 Å². The van der Waals surface area contributed by atoms with Crippen molar-refractivity contribution in [3.05, 3.63) is 28.7 Å². The monoisotopic (exact) mass is 285 g/mol. The highest BCUT2D eigenvalue weighted by Crippen LogP contribution is 2.23. The van der Waals surface area contributed by atoms with E-state index in [9.17, 15) is 4.79 Å². The predicted octanol–water partition coefficient (Wildman–Crippen LogP) is 3.06. The van der Waals surface area contributed by atoms with E-state index in [4.69, 9.17) is 4.74 Å². The Balaban J connectivity index is 2.84. The summed E-state index contributed by atoms with van der Waals surface area (Å²) in [5.41, 5.74) is 0.895. The van der Waals surface area contributed by atoms with Crippen molar-refractivity contribution >= 4 is 27.6 Å². The normalized spacial score (nSPS) is 12.3. The van der Waals surface area contributed by atoms with Gasteiger partial charge in [0.2, 0.25) is 0 Å². The summed E-state index contributed by atoms with van der Waals surface area (Å²) < 4.78 is 5.70. The fourth-order valence-corrected chi connectivity index (χ4v) is 1.77. The highest BCUT2D eigenvalue weighted by atomic mass is 79.9. The van der Waals surface area contributed by atoms with Gasteiger partial charge in [-0.15, -0.1) is 0 Å². The molecule has 0 spiro atoms. The molecule has 3 nitrogen and oxygen atoms in total. The molecule has 0 radical (unpaired) electrons. The van der Waals surface area contributed by atoms with Gasteiger partial charge in [0.1, 0.15) is 6.04 Å². The summed E-state index contributed by atoms with van der Waals surface area (Å²) in [4.78, 5) is 11.6. The third-order valence-corrected chi connectivity index (χ3v) is 3.00. The lowest BCUT2D eigenvalue weighted by atomic mass is 10.0. The molecule has 0 aliphatic rings. The number of halogens is 1. The Hall–Kier alpha value is -1.03. The quantitative estimate of drug-likeness (QED) is 0.864. The number of anilines is 1. The van der Waals surface area contributed by atoms with Crippen LogP contribution in [0.25, 0.3) is 0 Å². The van der Waals surface area contributed by atoms with Crippen LogP contribution in [0.2, 0.25) is 0 Å². The SMILES string of the molecule is COC(=O)C(Nc1ccccc1Br)C(C)C. The van der Waals surface area contributed by atoms with E-state index in [0.29, 0.717) is 0 Å². The molecular formula is C12H16BrNO2. The summed E-state index contributed by atoms with van der Waals surface area (Å²) in [6.07, 6.45) is 0. The lowest BCUT2D eigenvalue weighted by molar-refractivity contribution is -0.142. The van der Waals surface area contributed by atoms with E-state index in [1.807, 2.05) is 38.1 Å². The highest BCUT2D eigenvalue weighted by Gasteiger charge is 2.23. The Bertz CT molecular complexity index is 366. The number of carbonyl (C=O) groups is 1. The van der Waals surface area contributed by atoms with Crippen LogP contribution >= 0.6 is 15.9 Å². The van der Waals surface area contributed by atoms with Crippen LogP contribution in [0.3, 0.4) is 0 Å². The third kappa shape index (κ3) is 3.23. The Morgan fingerprint density at radius 3 is 2.50 bits per heavy atom. The average Bonchev–Trinajstić information content (AvgIpc) is 2.26. The molecule has 0 aromatic heterocycles. The number of esters is 1. The number of carbonyl (C=O) groups excluding carboxylic acids is 1. The zero-order chi connectivity index (χ0) is 12.1. The van der Waals surface area contributed by atoms with Gasteiger partial charge in [0.05, 0.1) is 7.11 Å². The maximum Gasteiger partial charge on any atom is 0.328 e. The molecule has 0 saturated carbocycles. The van der Waals surface area contributed by atoms with Gasteiger partial charge in [-0.3, -0.25) is 0 Å². The summed E-state index contributed by atoms with van der Waals surface area (Å²) in [5.74, 6) is -0.0784. The number of methoxy groups -OCH3 is 1. The van der Waals surface area contributed by atoms with E-state index >= 15 is 0 Å². The van der Waals surface area contributed by atoms with Gasteiger partial charge >= 0.3 is 5.97 Å². The Kier molecular flexibility index (Phi) is 4.80. The molecule has 88 valence electrons. The number of ether oxygens (including phenoxy) is 1. The van der Waals surface area contributed by atoms with E-state index in [2.05, 4.69) is 21.2 Å². The number of hydrogen-bond donors (Lipinski definition) is 1. The standard InChI is InChI=1S/C12H16BrNO2/c1-8(2)11(12(15)16-3)14-10-7-5-4-6-9(10)13/h4-8,11,14H,1-3H3. The summed E-state index contributed by atoms with van der Waals surface area (Å²) in [6.45, 7) is 3.96. The van der Waals surface area contributed by atoms with Crippen LogP contribution in [0.4, 0.5) is 5.69 Å². The smallest absolute Gasteiger partial charge is 0.328 e. The van der Waals surface area contributed by atoms with Gasteiger partial charge in [-0.1, -0.05) is 26.0 Å². The van der Waals surface area contributed by atoms with Gasteiger partial charge in [0, 0.05) is 10.2 Å². The van der Waals surface area contributed by atoms with Gasteiger partial charge < -0.3 is 10.1 Å². The van der Waals surface area contributed by atoms with E-state index in [1.165, 1.54) is 7.11 Å². The number of rotatable bonds is 4. The van der Waals surface area contributed by atoms with Crippen LogP contribution in [-0.4, -0.2) is 19.1 Å². The molecule has 1 atom stereocenters. The van der Waals surface area contributed by atoms with Crippen molar-refractivity contribution in [2.45, 2.75) is 19.9 Å². The molecule has 1 aromatic rings. The second-order valence-electron chi connectivity index (χ2n) is 3.87. The van der Waals surface area contributed by atoms with E-state index in [1.54, 1.807) is 0 Å². The largest absolute Gasteiger partial charge is 0.467 e. The number of para-hydroxylation sites is 1. The minimum absolute atomic E-state index is 0.166. The fraction of sp³-hybridized carbons (Fsp3) is 0.417. The molecule has 0 amide bonds. The molecule has 0 fully saturated rings. The first-order valence-electron chi connectivity index (χ1n) is 5.15. The lowest BCUT2D eigenvalue weighted by Gasteiger charge is -2.21. The average molecular weight is 286 g/mol. The maximum absolute atomic E-state index is 11.6. The second-order valence-corrected chi connectivity index (χ2v) is 4.72. The first-order chi connectivity index (χ1) is 7.56. The van der Waals surface area contributed by atoms with Crippen molar-refractivity contribution in [2.75, 3.05) is 12.4 Å². The molecule has 0 aliphatic heterocycles. The zero-order valence-corrected chi connectivity index (χ0v) is 11.2. The summed E-state index contributed by atoms with van der Waals surface area (Å²) in [7, 11) is 1.40. The van der Waals surface area contributed by atoms with Crippen LogP contribution in [0, 0.1) is 5.92 Å². The number of benzene rings is 1. The summed E-state index contributed by atoms with van der Waals surface area (Å²) >= 11 is 3.43. The van der Waals surface area contributed by atoms with Gasteiger partial charge in [0.25, 0.3) is 0 Å². The molecule has 4 heteroatoms. The fourth-order valence-electron chi connectivity index (χ4n) is 1.37. The van der Waals surface area contributed by atoms with Crippen LogP contribution in [0.5, 0.6) is 0 Å². The number of hydrogen-bond acceptors (Lipinski definition) is 3. The maximum atomic E-state index is 11.6. The molecule has 0 aliphatic carbocycles. The molecule has 1 aromatic carbocycles. The molecule has 1 N–H and O–H groups in total. The van der Waals surface area contributed by atoms with Crippen LogP contribution in [-0.2, 0) is 9.53 Å². The molecule has 16 heavy (non-hydrogen) atoms. The first-order valence-corrected chi connectivity index (χ1v) is 5.94. The third-order valence-electron chi connectivity index (χ3n) is 2.31. The van der Waals surface area contributed by atoms with Crippen LogP contribution in [0.1, 0.15) is 13.8 Å². The van der Waals surface area contributed by atoms with Gasteiger partial charge in [0.15, 0.2) is 0 Å². The minimum Gasteiger partial charge on any atom is -0.467 e. The van der Waals surface area contributed by atoms with Crippen molar-refractivity contribution in [1.29, 1.82) is 0 Å². The van der Waals surface area contributed by atoms with E-state index in [-0.39, 0.29) is 17.9 Å². The number of nitrogens with one attached hydrogen (secondary N) is 1. The van der Waals surface area contributed by atoms with E-state index < -0.39 is 0 Å². The molecule has 1 rings (SSSR count).